The Morgan fingerprint density at radius 1 is 1.15 bits per heavy atom. The standard InChI is InChI=1S/C20H29FN2O3/c1-20(2,3)16-13-17(21)15(12-18(16)24)19(25)23-6-4-14(5-7-23)22-8-10-26-11-9-22/h12-14,24H,4-11H2,1-3H3. The molecule has 144 valence electrons. The van der Waals surface area contributed by atoms with Crippen LogP contribution in [0, 0.1) is 5.82 Å². The van der Waals surface area contributed by atoms with Crippen LogP contribution in [-0.4, -0.2) is 66.2 Å². The molecule has 3 rings (SSSR count). The number of phenolic OH excluding ortho intramolecular Hbond substituents is 1. The van der Waals surface area contributed by atoms with Crippen LogP contribution in [0.5, 0.6) is 5.75 Å². The average Bonchev–Trinajstić information content (AvgIpc) is 2.63. The monoisotopic (exact) mass is 364 g/mol. The Kier molecular flexibility index (Phi) is 5.53. The third-order valence-corrected chi connectivity index (χ3v) is 5.44. The highest BCUT2D eigenvalue weighted by atomic mass is 19.1. The number of morpholine rings is 1. The maximum Gasteiger partial charge on any atom is 0.256 e. The number of piperidine rings is 1. The molecule has 1 amide bonds. The van der Waals surface area contributed by atoms with Crippen LogP contribution in [0.4, 0.5) is 4.39 Å². The molecular formula is C20H29FN2O3. The number of carbonyl (C=O) groups is 1. The Hall–Kier alpha value is -1.66. The molecule has 26 heavy (non-hydrogen) atoms. The minimum absolute atomic E-state index is 0.0227. The van der Waals surface area contributed by atoms with Gasteiger partial charge in [-0.15, -0.1) is 0 Å². The summed E-state index contributed by atoms with van der Waals surface area (Å²) in [7, 11) is 0. The fraction of sp³-hybridized carbons (Fsp3) is 0.650. The summed E-state index contributed by atoms with van der Waals surface area (Å²) >= 11 is 0. The molecule has 2 heterocycles. The van der Waals surface area contributed by atoms with Gasteiger partial charge in [-0.05, 0) is 30.4 Å². The Morgan fingerprint density at radius 3 is 2.35 bits per heavy atom. The van der Waals surface area contributed by atoms with E-state index in [2.05, 4.69) is 4.90 Å². The van der Waals surface area contributed by atoms with Gasteiger partial charge in [-0.25, -0.2) is 4.39 Å². The zero-order chi connectivity index (χ0) is 18.9. The molecule has 0 aliphatic carbocycles. The van der Waals surface area contributed by atoms with E-state index in [9.17, 15) is 14.3 Å². The van der Waals surface area contributed by atoms with Gasteiger partial charge in [0.2, 0.25) is 0 Å². The van der Waals surface area contributed by atoms with Crippen molar-refractivity contribution in [3.05, 3.63) is 29.1 Å². The fourth-order valence-corrected chi connectivity index (χ4v) is 3.87. The van der Waals surface area contributed by atoms with Gasteiger partial charge in [0.1, 0.15) is 11.6 Å². The normalized spacial score (nSPS) is 20.4. The zero-order valence-corrected chi connectivity index (χ0v) is 15.9. The molecule has 6 heteroatoms. The van der Waals surface area contributed by atoms with Crippen LogP contribution in [-0.2, 0) is 10.2 Å². The first-order chi connectivity index (χ1) is 12.3. The van der Waals surface area contributed by atoms with Crippen molar-refractivity contribution in [2.75, 3.05) is 39.4 Å². The van der Waals surface area contributed by atoms with Crippen molar-refractivity contribution in [1.29, 1.82) is 0 Å². The molecule has 0 aromatic heterocycles. The first-order valence-electron chi connectivity index (χ1n) is 9.41. The summed E-state index contributed by atoms with van der Waals surface area (Å²) in [5.41, 5.74) is 0.0844. The highest BCUT2D eigenvalue weighted by Gasteiger charge is 2.30. The van der Waals surface area contributed by atoms with Crippen LogP contribution in [0.15, 0.2) is 12.1 Å². The molecular weight excluding hydrogens is 335 g/mol. The molecule has 0 unspecified atom stereocenters. The van der Waals surface area contributed by atoms with Crippen LogP contribution in [0.2, 0.25) is 0 Å². The van der Waals surface area contributed by atoms with Gasteiger partial charge in [0.15, 0.2) is 0 Å². The number of halogens is 1. The van der Waals surface area contributed by atoms with Gasteiger partial charge in [0.25, 0.3) is 5.91 Å². The van der Waals surface area contributed by atoms with E-state index in [1.165, 1.54) is 12.1 Å². The van der Waals surface area contributed by atoms with Crippen molar-refractivity contribution >= 4 is 5.91 Å². The third-order valence-electron chi connectivity index (χ3n) is 5.44. The van der Waals surface area contributed by atoms with Crippen molar-refractivity contribution in [3.8, 4) is 5.75 Å². The largest absolute Gasteiger partial charge is 0.508 e. The van der Waals surface area contributed by atoms with E-state index >= 15 is 0 Å². The fourth-order valence-electron chi connectivity index (χ4n) is 3.87. The number of rotatable bonds is 2. The minimum Gasteiger partial charge on any atom is -0.508 e. The number of carbonyl (C=O) groups excluding carboxylic acids is 1. The number of likely N-dealkylation sites (tertiary alicyclic amines) is 1. The topological polar surface area (TPSA) is 53.0 Å². The lowest BCUT2D eigenvalue weighted by molar-refractivity contribution is 0.00154. The van der Waals surface area contributed by atoms with Gasteiger partial charge in [-0.2, -0.15) is 0 Å². The summed E-state index contributed by atoms with van der Waals surface area (Å²) in [5.74, 6) is -0.919. The second-order valence-corrected chi connectivity index (χ2v) is 8.27. The Bertz CT molecular complexity index is 658. The van der Waals surface area contributed by atoms with E-state index < -0.39 is 5.82 Å². The highest BCUT2D eigenvalue weighted by Crippen LogP contribution is 2.33. The molecule has 0 spiro atoms. The van der Waals surface area contributed by atoms with Crippen molar-refractivity contribution in [1.82, 2.24) is 9.80 Å². The van der Waals surface area contributed by atoms with Crippen LogP contribution >= 0.6 is 0 Å². The summed E-state index contributed by atoms with van der Waals surface area (Å²) in [5, 5.41) is 10.3. The lowest BCUT2D eigenvalue weighted by Crippen LogP contribution is -2.50. The Balaban J connectivity index is 1.68. The van der Waals surface area contributed by atoms with Crippen molar-refractivity contribution in [3.63, 3.8) is 0 Å². The number of hydrogen-bond donors (Lipinski definition) is 1. The second-order valence-electron chi connectivity index (χ2n) is 8.27. The number of aromatic hydroxyl groups is 1. The number of nitrogens with zero attached hydrogens (tertiary/aromatic N) is 2. The average molecular weight is 364 g/mol. The maximum atomic E-state index is 14.6. The van der Waals surface area contributed by atoms with Gasteiger partial charge < -0.3 is 14.7 Å². The van der Waals surface area contributed by atoms with Crippen LogP contribution in [0.25, 0.3) is 0 Å². The highest BCUT2D eigenvalue weighted by molar-refractivity contribution is 5.95. The summed E-state index contributed by atoms with van der Waals surface area (Å²) in [6.45, 7) is 10.3. The lowest BCUT2D eigenvalue weighted by atomic mass is 9.85. The molecule has 2 saturated heterocycles. The maximum absolute atomic E-state index is 14.6. The van der Waals surface area contributed by atoms with Crippen molar-refractivity contribution in [2.45, 2.75) is 45.1 Å². The van der Waals surface area contributed by atoms with Crippen molar-refractivity contribution in [2.24, 2.45) is 0 Å². The molecule has 2 aliphatic rings. The molecule has 2 fully saturated rings. The number of hydrogen-bond acceptors (Lipinski definition) is 4. The zero-order valence-electron chi connectivity index (χ0n) is 15.9. The number of phenols is 1. The molecule has 1 N–H and O–H groups in total. The Labute approximate surface area is 154 Å². The molecule has 0 bridgehead atoms. The second kappa shape index (κ2) is 7.53. The van der Waals surface area contributed by atoms with E-state index in [0.717, 1.165) is 39.1 Å². The molecule has 0 saturated carbocycles. The van der Waals surface area contributed by atoms with Crippen LogP contribution in [0.3, 0.4) is 0 Å². The van der Waals surface area contributed by atoms with E-state index in [0.29, 0.717) is 24.7 Å². The van der Waals surface area contributed by atoms with Crippen LogP contribution < -0.4 is 0 Å². The smallest absolute Gasteiger partial charge is 0.256 e. The molecule has 1 aromatic carbocycles. The number of benzene rings is 1. The van der Waals surface area contributed by atoms with Gasteiger partial charge in [-0.3, -0.25) is 9.69 Å². The third kappa shape index (κ3) is 4.01. The van der Waals surface area contributed by atoms with Crippen LogP contribution in [0.1, 0.15) is 49.5 Å². The van der Waals surface area contributed by atoms with E-state index in [1.54, 1.807) is 4.90 Å². The van der Waals surface area contributed by atoms with Crippen molar-refractivity contribution < 1.29 is 19.0 Å². The lowest BCUT2D eigenvalue weighted by Gasteiger charge is -2.40. The molecule has 5 nitrogen and oxygen atoms in total. The van der Waals surface area contributed by atoms with E-state index in [-0.39, 0.29) is 22.6 Å². The van der Waals surface area contributed by atoms with E-state index in [1.807, 2.05) is 20.8 Å². The predicted octanol–water partition coefficient (Wildman–Crippen LogP) is 2.77. The first kappa shape index (κ1) is 19.1. The van der Waals surface area contributed by atoms with Gasteiger partial charge in [0.05, 0.1) is 18.8 Å². The van der Waals surface area contributed by atoms with Gasteiger partial charge in [-0.1, -0.05) is 20.8 Å². The summed E-state index contributed by atoms with van der Waals surface area (Å²) in [4.78, 5) is 16.9. The summed E-state index contributed by atoms with van der Waals surface area (Å²) in [6, 6.07) is 3.04. The molecule has 2 aliphatic heterocycles. The van der Waals surface area contributed by atoms with Gasteiger partial charge in [0, 0.05) is 37.8 Å². The first-order valence-corrected chi connectivity index (χ1v) is 9.41. The minimum atomic E-state index is -0.562. The number of amides is 1. The number of ether oxygens (including phenoxy) is 1. The predicted molar refractivity (Wildman–Crippen MR) is 98.1 cm³/mol. The van der Waals surface area contributed by atoms with E-state index in [4.69, 9.17) is 4.74 Å². The summed E-state index contributed by atoms with van der Waals surface area (Å²) < 4.78 is 19.9. The van der Waals surface area contributed by atoms with Gasteiger partial charge >= 0.3 is 0 Å². The SMILES string of the molecule is CC(C)(C)c1cc(F)c(C(=O)N2CCC(N3CCOCC3)CC2)cc1O. The molecule has 0 radical (unpaired) electrons. The summed E-state index contributed by atoms with van der Waals surface area (Å²) in [6.07, 6.45) is 1.78. The molecule has 1 aromatic rings. The molecule has 0 atom stereocenters. The Morgan fingerprint density at radius 2 is 1.77 bits per heavy atom. The quantitative estimate of drug-likeness (QED) is 0.877.